The molecule has 0 saturated carbocycles. The smallest absolute Gasteiger partial charge is 0.405 e. The highest BCUT2D eigenvalue weighted by atomic mass is 32.1. The quantitative estimate of drug-likeness (QED) is 0.937. The van der Waals surface area contributed by atoms with E-state index in [0.29, 0.717) is 11.3 Å². The maximum Gasteiger partial charge on any atom is 0.573 e. The van der Waals surface area contributed by atoms with Crippen molar-refractivity contribution >= 4 is 11.3 Å². The number of aromatic nitrogens is 1. The Labute approximate surface area is 112 Å². The summed E-state index contributed by atoms with van der Waals surface area (Å²) in [5, 5.41) is 4.73. The maximum absolute atomic E-state index is 12.4. The van der Waals surface area contributed by atoms with E-state index in [4.69, 9.17) is 0 Å². The minimum absolute atomic E-state index is 0.220. The van der Waals surface area contributed by atoms with E-state index in [2.05, 4.69) is 15.0 Å². The van der Waals surface area contributed by atoms with Crippen molar-refractivity contribution in [2.24, 2.45) is 0 Å². The second-order valence-corrected chi connectivity index (χ2v) is 4.44. The Morgan fingerprint density at radius 2 is 2.05 bits per heavy atom. The minimum atomic E-state index is -4.71. The maximum atomic E-state index is 12.4. The molecule has 0 fully saturated rings. The first-order valence-corrected chi connectivity index (χ1v) is 6.35. The van der Waals surface area contributed by atoms with E-state index in [9.17, 15) is 13.2 Å². The van der Waals surface area contributed by atoms with Crippen LogP contribution in [-0.4, -0.2) is 18.4 Å². The molecule has 19 heavy (non-hydrogen) atoms. The summed E-state index contributed by atoms with van der Waals surface area (Å²) in [6.45, 7) is 0. The van der Waals surface area contributed by atoms with Gasteiger partial charge in [-0.25, -0.2) is 4.98 Å². The lowest BCUT2D eigenvalue weighted by atomic mass is 10.0. The number of nitrogens with one attached hydrogen (secondary N) is 1. The van der Waals surface area contributed by atoms with Gasteiger partial charge in [-0.1, -0.05) is 18.2 Å². The molecular weight excluding hydrogens is 277 g/mol. The molecule has 2 aromatic rings. The third-order valence-electron chi connectivity index (χ3n) is 2.49. The van der Waals surface area contributed by atoms with Gasteiger partial charge in [-0.2, -0.15) is 0 Å². The van der Waals surface area contributed by atoms with Crippen molar-refractivity contribution in [3.05, 3.63) is 46.4 Å². The molecule has 0 aliphatic carbocycles. The molecule has 0 aliphatic heterocycles. The van der Waals surface area contributed by atoms with Crippen molar-refractivity contribution in [1.82, 2.24) is 10.3 Å². The van der Waals surface area contributed by atoms with Crippen LogP contribution in [0.25, 0.3) is 0 Å². The number of halogens is 3. The Bertz CT molecular complexity index is 528. The summed E-state index contributed by atoms with van der Waals surface area (Å²) in [5.74, 6) is -0.220. The Balaban J connectivity index is 2.38. The highest BCUT2D eigenvalue weighted by molar-refractivity contribution is 7.07. The average molecular weight is 288 g/mol. The van der Waals surface area contributed by atoms with Crippen molar-refractivity contribution in [2.45, 2.75) is 12.4 Å². The molecule has 1 aromatic heterocycles. The van der Waals surface area contributed by atoms with Gasteiger partial charge in [0.2, 0.25) is 0 Å². The van der Waals surface area contributed by atoms with Gasteiger partial charge < -0.3 is 10.1 Å². The van der Waals surface area contributed by atoms with Crippen LogP contribution in [0.3, 0.4) is 0 Å². The number of hydrogen-bond acceptors (Lipinski definition) is 4. The fourth-order valence-corrected chi connectivity index (χ4v) is 2.34. The minimum Gasteiger partial charge on any atom is -0.405 e. The summed E-state index contributed by atoms with van der Waals surface area (Å²) in [6, 6.07) is 5.60. The van der Waals surface area contributed by atoms with Gasteiger partial charge in [-0.05, 0) is 13.1 Å². The van der Waals surface area contributed by atoms with Gasteiger partial charge in [0.1, 0.15) is 5.75 Å². The molecule has 0 saturated heterocycles. The SMILES string of the molecule is CNC(c1cscn1)c1ccccc1OC(F)(F)F. The Morgan fingerprint density at radius 3 is 2.63 bits per heavy atom. The second-order valence-electron chi connectivity index (χ2n) is 3.72. The predicted molar refractivity (Wildman–Crippen MR) is 66.1 cm³/mol. The van der Waals surface area contributed by atoms with E-state index in [1.165, 1.54) is 23.5 Å². The number of alkyl halides is 3. The van der Waals surface area contributed by atoms with Gasteiger partial charge in [-0.3, -0.25) is 0 Å². The molecule has 0 aliphatic rings. The van der Waals surface area contributed by atoms with Gasteiger partial charge in [0.15, 0.2) is 0 Å². The number of thiazole rings is 1. The van der Waals surface area contributed by atoms with Crippen LogP contribution in [-0.2, 0) is 0 Å². The number of benzene rings is 1. The third kappa shape index (κ3) is 3.45. The number of hydrogen-bond donors (Lipinski definition) is 1. The molecule has 102 valence electrons. The zero-order chi connectivity index (χ0) is 13.9. The summed E-state index contributed by atoms with van der Waals surface area (Å²) < 4.78 is 41.2. The van der Waals surface area contributed by atoms with Gasteiger partial charge >= 0.3 is 6.36 Å². The first-order valence-electron chi connectivity index (χ1n) is 5.41. The summed E-state index contributed by atoms with van der Waals surface area (Å²) in [5.41, 5.74) is 2.69. The average Bonchev–Trinajstić information content (AvgIpc) is 2.84. The van der Waals surface area contributed by atoms with Crippen LogP contribution in [0.2, 0.25) is 0 Å². The van der Waals surface area contributed by atoms with Gasteiger partial charge in [0.05, 0.1) is 17.2 Å². The van der Waals surface area contributed by atoms with Crippen molar-refractivity contribution in [3.8, 4) is 5.75 Å². The summed E-state index contributed by atoms with van der Waals surface area (Å²) >= 11 is 1.38. The lowest BCUT2D eigenvalue weighted by molar-refractivity contribution is -0.275. The zero-order valence-corrected chi connectivity index (χ0v) is 10.8. The topological polar surface area (TPSA) is 34.2 Å². The molecule has 2 rings (SSSR count). The van der Waals surface area contributed by atoms with Crippen LogP contribution in [0.1, 0.15) is 17.3 Å². The van der Waals surface area contributed by atoms with Crippen molar-refractivity contribution in [3.63, 3.8) is 0 Å². The lowest BCUT2D eigenvalue weighted by Crippen LogP contribution is -2.22. The van der Waals surface area contributed by atoms with Crippen LogP contribution in [0.15, 0.2) is 35.2 Å². The lowest BCUT2D eigenvalue weighted by Gasteiger charge is -2.19. The molecule has 1 atom stereocenters. The summed E-state index contributed by atoms with van der Waals surface area (Å²) in [6.07, 6.45) is -4.71. The van der Waals surface area contributed by atoms with Gasteiger partial charge in [0.25, 0.3) is 0 Å². The normalized spacial score (nSPS) is 13.3. The Morgan fingerprint density at radius 1 is 1.32 bits per heavy atom. The molecular formula is C12H11F3N2OS. The summed E-state index contributed by atoms with van der Waals surface area (Å²) in [4.78, 5) is 4.12. The number of para-hydroxylation sites is 1. The first-order chi connectivity index (χ1) is 9.01. The summed E-state index contributed by atoms with van der Waals surface area (Å²) in [7, 11) is 1.66. The molecule has 1 unspecified atom stereocenters. The van der Waals surface area contributed by atoms with E-state index in [-0.39, 0.29) is 5.75 Å². The molecule has 1 heterocycles. The van der Waals surface area contributed by atoms with Crippen LogP contribution in [0.5, 0.6) is 5.75 Å². The zero-order valence-electron chi connectivity index (χ0n) is 9.94. The van der Waals surface area contributed by atoms with Gasteiger partial charge in [0, 0.05) is 10.9 Å². The fourth-order valence-electron chi connectivity index (χ4n) is 1.76. The third-order valence-corrected chi connectivity index (χ3v) is 3.10. The van der Waals surface area contributed by atoms with Crippen molar-refractivity contribution in [1.29, 1.82) is 0 Å². The van der Waals surface area contributed by atoms with Crippen LogP contribution >= 0.6 is 11.3 Å². The molecule has 0 bridgehead atoms. The van der Waals surface area contributed by atoms with E-state index in [0.717, 1.165) is 0 Å². The van der Waals surface area contributed by atoms with Crippen molar-refractivity contribution in [2.75, 3.05) is 7.05 Å². The van der Waals surface area contributed by atoms with E-state index in [1.807, 2.05) is 0 Å². The molecule has 3 nitrogen and oxygen atoms in total. The second kappa shape index (κ2) is 5.58. The Kier molecular flexibility index (Phi) is 4.06. The number of ether oxygens (including phenoxy) is 1. The van der Waals surface area contributed by atoms with E-state index in [1.54, 1.807) is 30.1 Å². The van der Waals surface area contributed by atoms with Crippen LogP contribution in [0.4, 0.5) is 13.2 Å². The molecule has 1 N–H and O–H groups in total. The predicted octanol–water partition coefficient (Wildman–Crippen LogP) is 3.35. The van der Waals surface area contributed by atoms with Crippen LogP contribution in [0, 0.1) is 0 Å². The molecule has 7 heteroatoms. The molecule has 0 spiro atoms. The standard InChI is InChI=1S/C12H11F3N2OS/c1-16-11(9-6-19-7-17-9)8-4-2-3-5-10(8)18-12(13,14)15/h2-7,11,16H,1H3. The Hall–Kier alpha value is -1.60. The monoisotopic (exact) mass is 288 g/mol. The number of rotatable bonds is 4. The molecule has 0 amide bonds. The van der Waals surface area contributed by atoms with Crippen molar-refractivity contribution < 1.29 is 17.9 Å². The van der Waals surface area contributed by atoms with E-state index >= 15 is 0 Å². The van der Waals surface area contributed by atoms with E-state index < -0.39 is 12.4 Å². The van der Waals surface area contributed by atoms with Crippen LogP contribution < -0.4 is 10.1 Å². The highest BCUT2D eigenvalue weighted by Gasteiger charge is 2.33. The largest absolute Gasteiger partial charge is 0.573 e. The fraction of sp³-hybridized carbons (Fsp3) is 0.250. The number of nitrogens with zero attached hydrogens (tertiary/aromatic N) is 1. The highest BCUT2D eigenvalue weighted by Crippen LogP contribution is 2.32. The first kappa shape index (κ1) is 13.8. The molecule has 0 radical (unpaired) electrons. The van der Waals surface area contributed by atoms with Gasteiger partial charge in [-0.15, -0.1) is 24.5 Å². The molecule has 1 aromatic carbocycles.